The number of hydrogen-bond acceptors (Lipinski definition) is 7. The van der Waals surface area contributed by atoms with E-state index in [1.165, 1.54) is 0 Å². The van der Waals surface area contributed by atoms with Crippen LogP contribution in [-0.2, 0) is 24.8 Å². The molecule has 31 heavy (non-hydrogen) atoms. The first-order chi connectivity index (χ1) is 15.1. The number of fused-ring (bicyclic) bond motifs is 1. The van der Waals surface area contributed by atoms with Crippen molar-refractivity contribution in [2.45, 2.75) is 25.8 Å². The molecule has 1 fully saturated rings. The standard InChI is InChI=1S/C21H23N9O/c1-22-20-16-11-23-18(27-21(31)13-3-4-13)9-14(16)15(10-24-20)17-5-7-30(28-17)8-6-19-25-12-26-29(19)2/h5,7,9-13H,3-4,6,8H2,1-2H3,(H,22,24)(H,23,27,31). The SMILES string of the molecule is CNc1ncc(-c2ccn(CCc3ncnn3C)n2)c2cc(NC(=O)C3CC3)ncc12. The van der Waals surface area contributed by atoms with Crippen LogP contribution in [0.1, 0.15) is 18.7 Å². The largest absolute Gasteiger partial charge is 0.373 e. The van der Waals surface area contributed by atoms with Gasteiger partial charge in [-0.1, -0.05) is 0 Å². The average molecular weight is 417 g/mol. The van der Waals surface area contributed by atoms with Crippen molar-refractivity contribution in [2.75, 3.05) is 17.7 Å². The van der Waals surface area contributed by atoms with Gasteiger partial charge in [0.2, 0.25) is 5.91 Å². The number of rotatable bonds is 7. The number of anilines is 2. The molecule has 0 unspecified atom stereocenters. The summed E-state index contributed by atoms with van der Waals surface area (Å²) in [4.78, 5) is 25.4. The second-order valence-electron chi connectivity index (χ2n) is 7.66. The van der Waals surface area contributed by atoms with Crippen molar-refractivity contribution >= 4 is 28.3 Å². The van der Waals surface area contributed by atoms with Gasteiger partial charge in [-0.2, -0.15) is 10.2 Å². The van der Waals surface area contributed by atoms with Gasteiger partial charge in [0.05, 0.1) is 5.69 Å². The van der Waals surface area contributed by atoms with Crippen LogP contribution in [-0.4, -0.2) is 47.5 Å². The Bertz CT molecular complexity index is 1250. The summed E-state index contributed by atoms with van der Waals surface area (Å²) in [6.07, 6.45) is 9.67. The van der Waals surface area contributed by atoms with Gasteiger partial charge in [-0.15, -0.1) is 0 Å². The number of nitrogens with one attached hydrogen (secondary N) is 2. The molecule has 10 heteroatoms. The molecule has 1 aliphatic carbocycles. The van der Waals surface area contributed by atoms with Gasteiger partial charge >= 0.3 is 0 Å². The van der Waals surface area contributed by atoms with E-state index in [1.54, 1.807) is 23.4 Å². The molecule has 0 aromatic carbocycles. The number of hydrogen-bond donors (Lipinski definition) is 2. The zero-order chi connectivity index (χ0) is 21.4. The third-order valence-electron chi connectivity index (χ3n) is 5.49. The minimum atomic E-state index is 0.0318. The lowest BCUT2D eigenvalue weighted by Gasteiger charge is -2.11. The van der Waals surface area contributed by atoms with Crippen molar-refractivity contribution in [1.29, 1.82) is 0 Å². The van der Waals surface area contributed by atoms with Crippen LogP contribution in [0.25, 0.3) is 22.0 Å². The molecule has 5 rings (SSSR count). The van der Waals surface area contributed by atoms with E-state index >= 15 is 0 Å². The Labute approximate surface area is 178 Å². The summed E-state index contributed by atoms with van der Waals surface area (Å²) < 4.78 is 3.65. The van der Waals surface area contributed by atoms with Crippen molar-refractivity contribution in [3.8, 4) is 11.3 Å². The van der Waals surface area contributed by atoms with Crippen LogP contribution in [0.4, 0.5) is 11.6 Å². The number of nitrogens with zero attached hydrogens (tertiary/aromatic N) is 7. The second kappa shape index (κ2) is 7.78. The van der Waals surface area contributed by atoms with Crippen molar-refractivity contribution < 1.29 is 4.79 Å². The molecule has 0 aliphatic heterocycles. The van der Waals surface area contributed by atoms with Gasteiger partial charge in [-0.05, 0) is 25.0 Å². The first-order valence-corrected chi connectivity index (χ1v) is 10.3. The van der Waals surface area contributed by atoms with Gasteiger partial charge in [-0.25, -0.2) is 15.0 Å². The average Bonchev–Trinajstić information content (AvgIpc) is 3.40. The summed E-state index contributed by atoms with van der Waals surface area (Å²) in [5.74, 6) is 2.33. The molecule has 0 atom stereocenters. The molecule has 4 aromatic rings. The Morgan fingerprint density at radius 1 is 1.19 bits per heavy atom. The van der Waals surface area contributed by atoms with E-state index in [0.717, 1.165) is 52.9 Å². The highest BCUT2D eigenvalue weighted by atomic mass is 16.2. The maximum Gasteiger partial charge on any atom is 0.228 e. The quantitative estimate of drug-likeness (QED) is 0.474. The molecule has 1 aliphatic rings. The predicted octanol–water partition coefficient (Wildman–Crippen LogP) is 2.25. The summed E-state index contributed by atoms with van der Waals surface area (Å²) in [6.45, 7) is 0.691. The minimum Gasteiger partial charge on any atom is -0.373 e. The lowest BCUT2D eigenvalue weighted by Crippen LogP contribution is -2.14. The van der Waals surface area contributed by atoms with Gasteiger partial charge in [-0.3, -0.25) is 14.2 Å². The molecule has 4 aromatic heterocycles. The Morgan fingerprint density at radius 2 is 2.06 bits per heavy atom. The summed E-state index contributed by atoms with van der Waals surface area (Å²) in [5, 5.41) is 16.7. The highest BCUT2D eigenvalue weighted by molar-refractivity contribution is 6.03. The third-order valence-corrected chi connectivity index (χ3v) is 5.49. The van der Waals surface area contributed by atoms with Gasteiger partial charge < -0.3 is 10.6 Å². The van der Waals surface area contributed by atoms with E-state index in [4.69, 9.17) is 5.10 Å². The number of aromatic nitrogens is 7. The number of carbonyl (C=O) groups is 1. The van der Waals surface area contributed by atoms with Crippen LogP contribution in [0.5, 0.6) is 0 Å². The smallest absolute Gasteiger partial charge is 0.228 e. The maximum atomic E-state index is 12.2. The summed E-state index contributed by atoms with van der Waals surface area (Å²) in [5.41, 5.74) is 1.69. The minimum absolute atomic E-state index is 0.0318. The van der Waals surface area contributed by atoms with Crippen LogP contribution in [0.15, 0.2) is 37.1 Å². The lowest BCUT2D eigenvalue weighted by atomic mass is 10.1. The zero-order valence-electron chi connectivity index (χ0n) is 17.4. The molecule has 1 amide bonds. The Kier molecular flexibility index (Phi) is 4.81. The van der Waals surface area contributed by atoms with Crippen LogP contribution in [0, 0.1) is 5.92 Å². The molecule has 0 radical (unpaired) electrons. The molecule has 0 spiro atoms. The van der Waals surface area contributed by atoms with E-state index in [9.17, 15) is 4.79 Å². The first-order valence-electron chi connectivity index (χ1n) is 10.3. The lowest BCUT2D eigenvalue weighted by molar-refractivity contribution is -0.117. The van der Waals surface area contributed by atoms with Gasteiger partial charge in [0, 0.05) is 67.9 Å². The highest BCUT2D eigenvalue weighted by Gasteiger charge is 2.29. The van der Waals surface area contributed by atoms with E-state index in [-0.39, 0.29) is 11.8 Å². The molecule has 2 N–H and O–H groups in total. The normalized spacial score (nSPS) is 13.5. The van der Waals surface area contributed by atoms with E-state index in [1.807, 2.05) is 37.1 Å². The molecule has 0 bridgehead atoms. The Morgan fingerprint density at radius 3 is 2.81 bits per heavy atom. The molecule has 0 saturated heterocycles. The molecular formula is C21H23N9O. The van der Waals surface area contributed by atoms with Gasteiger partial charge in [0.15, 0.2) is 0 Å². The van der Waals surface area contributed by atoms with E-state index in [0.29, 0.717) is 12.4 Å². The fourth-order valence-electron chi connectivity index (χ4n) is 3.57. The number of pyridine rings is 2. The van der Waals surface area contributed by atoms with Crippen molar-refractivity contribution in [3.05, 3.63) is 42.9 Å². The number of amides is 1. The molecule has 158 valence electrons. The Hall–Kier alpha value is -3.82. The fourth-order valence-corrected chi connectivity index (χ4v) is 3.57. The second-order valence-corrected chi connectivity index (χ2v) is 7.66. The van der Waals surface area contributed by atoms with E-state index < -0.39 is 0 Å². The zero-order valence-corrected chi connectivity index (χ0v) is 17.4. The van der Waals surface area contributed by atoms with Crippen LogP contribution >= 0.6 is 0 Å². The highest BCUT2D eigenvalue weighted by Crippen LogP contribution is 2.33. The molecule has 10 nitrogen and oxygen atoms in total. The van der Waals surface area contributed by atoms with Crippen LogP contribution < -0.4 is 10.6 Å². The van der Waals surface area contributed by atoms with Crippen molar-refractivity contribution in [2.24, 2.45) is 13.0 Å². The van der Waals surface area contributed by atoms with Gasteiger partial charge in [0.25, 0.3) is 0 Å². The van der Waals surface area contributed by atoms with Crippen molar-refractivity contribution in [3.63, 3.8) is 0 Å². The summed E-state index contributed by atoms with van der Waals surface area (Å²) in [6, 6.07) is 3.86. The Balaban J connectivity index is 1.46. The topological polar surface area (TPSA) is 115 Å². The predicted molar refractivity (Wildman–Crippen MR) is 116 cm³/mol. The van der Waals surface area contributed by atoms with Crippen LogP contribution in [0.3, 0.4) is 0 Å². The molecule has 1 saturated carbocycles. The van der Waals surface area contributed by atoms with E-state index in [2.05, 4.69) is 30.7 Å². The fraction of sp³-hybridized carbons (Fsp3) is 0.333. The van der Waals surface area contributed by atoms with Crippen molar-refractivity contribution in [1.82, 2.24) is 34.5 Å². The maximum absolute atomic E-state index is 12.2. The monoisotopic (exact) mass is 417 g/mol. The summed E-state index contributed by atoms with van der Waals surface area (Å²) >= 11 is 0. The first kappa shape index (κ1) is 19.2. The molecule has 4 heterocycles. The van der Waals surface area contributed by atoms with Crippen LogP contribution in [0.2, 0.25) is 0 Å². The number of aryl methyl sites for hydroxylation is 3. The molecular weight excluding hydrogens is 394 g/mol. The third kappa shape index (κ3) is 3.83. The summed E-state index contributed by atoms with van der Waals surface area (Å²) in [7, 11) is 3.71. The van der Waals surface area contributed by atoms with Gasteiger partial charge in [0.1, 0.15) is 23.8 Å². The number of carbonyl (C=O) groups excluding carboxylic acids is 1.